The van der Waals surface area contributed by atoms with E-state index in [0.717, 1.165) is 0 Å². The number of hydrogen-bond acceptors (Lipinski definition) is 2. The first-order chi connectivity index (χ1) is 6.20. The van der Waals surface area contributed by atoms with Crippen LogP contribution in [-0.2, 0) is 0 Å². The van der Waals surface area contributed by atoms with Crippen LogP contribution in [0.4, 0.5) is 0 Å². The highest BCUT2D eigenvalue weighted by molar-refractivity contribution is 5.93. The van der Waals surface area contributed by atoms with E-state index in [2.05, 4.69) is 6.58 Å². The lowest BCUT2D eigenvalue weighted by atomic mass is 10.1. The van der Waals surface area contributed by atoms with Gasteiger partial charge in [0.2, 0.25) is 0 Å². The highest BCUT2D eigenvalue weighted by Crippen LogP contribution is 2.23. The largest absolute Gasteiger partial charge is 0.496 e. The molecule has 1 rings (SSSR count). The van der Waals surface area contributed by atoms with Gasteiger partial charge in [0.1, 0.15) is 5.75 Å². The molecular formula is C10H10O3. The van der Waals surface area contributed by atoms with Gasteiger partial charge in [-0.15, -0.1) is 0 Å². The van der Waals surface area contributed by atoms with E-state index in [9.17, 15) is 4.79 Å². The lowest BCUT2D eigenvalue weighted by Gasteiger charge is -2.06. The minimum atomic E-state index is -0.978. The fourth-order valence-electron chi connectivity index (χ4n) is 1.12. The molecule has 0 saturated carbocycles. The quantitative estimate of drug-likeness (QED) is 0.770. The third-order valence-corrected chi connectivity index (χ3v) is 1.72. The van der Waals surface area contributed by atoms with E-state index >= 15 is 0 Å². The van der Waals surface area contributed by atoms with Crippen LogP contribution in [0.25, 0.3) is 6.08 Å². The van der Waals surface area contributed by atoms with Gasteiger partial charge < -0.3 is 9.84 Å². The van der Waals surface area contributed by atoms with Crippen molar-refractivity contribution in [1.29, 1.82) is 0 Å². The van der Waals surface area contributed by atoms with Gasteiger partial charge in [0.05, 0.1) is 12.7 Å². The van der Waals surface area contributed by atoms with Crippen molar-refractivity contribution in [2.45, 2.75) is 0 Å². The Morgan fingerprint density at radius 2 is 2.31 bits per heavy atom. The summed E-state index contributed by atoms with van der Waals surface area (Å²) in [6.07, 6.45) is 1.47. The molecule has 0 spiro atoms. The molecule has 0 radical (unpaired) electrons. The zero-order chi connectivity index (χ0) is 9.84. The van der Waals surface area contributed by atoms with Crippen LogP contribution in [0.15, 0.2) is 24.8 Å². The van der Waals surface area contributed by atoms with E-state index in [1.165, 1.54) is 19.3 Å². The van der Waals surface area contributed by atoms with Crippen LogP contribution >= 0.6 is 0 Å². The van der Waals surface area contributed by atoms with Gasteiger partial charge >= 0.3 is 5.97 Å². The first kappa shape index (κ1) is 9.32. The number of aromatic carboxylic acids is 1. The van der Waals surface area contributed by atoms with Crippen molar-refractivity contribution < 1.29 is 14.6 Å². The highest BCUT2D eigenvalue weighted by atomic mass is 16.5. The topological polar surface area (TPSA) is 46.5 Å². The maximum absolute atomic E-state index is 10.7. The van der Waals surface area contributed by atoms with E-state index in [0.29, 0.717) is 11.3 Å². The molecule has 0 unspecified atom stereocenters. The molecule has 13 heavy (non-hydrogen) atoms. The highest BCUT2D eigenvalue weighted by Gasteiger charge is 2.10. The lowest BCUT2D eigenvalue weighted by Crippen LogP contribution is -2.00. The predicted octanol–water partition coefficient (Wildman–Crippen LogP) is 2.04. The Kier molecular flexibility index (Phi) is 2.69. The third-order valence-electron chi connectivity index (χ3n) is 1.72. The number of ether oxygens (including phenoxy) is 1. The smallest absolute Gasteiger partial charge is 0.336 e. The average Bonchev–Trinajstić information content (AvgIpc) is 2.16. The molecular weight excluding hydrogens is 168 g/mol. The summed E-state index contributed by atoms with van der Waals surface area (Å²) < 4.78 is 4.99. The number of benzene rings is 1. The van der Waals surface area contributed by atoms with Gasteiger partial charge in [-0.3, -0.25) is 0 Å². The molecule has 0 aliphatic heterocycles. The minimum absolute atomic E-state index is 0.203. The first-order valence-electron chi connectivity index (χ1n) is 3.73. The summed E-state index contributed by atoms with van der Waals surface area (Å²) in [6.45, 7) is 3.54. The molecule has 68 valence electrons. The second-order valence-electron chi connectivity index (χ2n) is 2.43. The van der Waals surface area contributed by atoms with Gasteiger partial charge in [-0.1, -0.05) is 18.7 Å². The summed E-state index contributed by atoms with van der Waals surface area (Å²) in [4.78, 5) is 10.7. The summed E-state index contributed by atoms with van der Waals surface area (Å²) in [5, 5.41) is 8.81. The number of hydrogen-bond donors (Lipinski definition) is 1. The van der Waals surface area contributed by atoms with Crippen molar-refractivity contribution in [1.82, 2.24) is 0 Å². The van der Waals surface area contributed by atoms with Crippen LogP contribution in [0.5, 0.6) is 5.75 Å². The van der Waals surface area contributed by atoms with Gasteiger partial charge in [0.25, 0.3) is 0 Å². The fraction of sp³-hybridized carbons (Fsp3) is 0.100. The molecule has 0 aliphatic rings. The Morgan fingerprint density at radius 1 is 1.62 bits per heavy atom. The van der Waals surface area contributed by atoms with E-state index in [-0.39, 0.29) is 5.56 Å². The summed E-state index contributed by atoms with van der Waals surface area (Å²) in [5.74, 6) is -0.455. The van der Waals surface area contributed by atoms with Gasteiger partial charge in [-0.25, -0.2) is 4.79 Å². The molecule has 0 aliphatic carbocycles. The van der Waals surface area contributed by atoms with Crippen LogP contribution in [0.3, 0.4) is 0 Å². The van der Waals surface area contributed by atoms with Gasteiger partial charge in [-0.05, 0) is 12.1 Å². The van der Waals surface area contributed by atoms with E-state index in [1.54, 1.807) is 12.1 Å². The number of rotatable bonds is 3. The SMILES string of the molecule is C=Cc1c(OC)cccc1C(=O)O. The molecule has 0 fully saturated rings. The Labute approximate surface area is 76.3 Å². The molecule has 0 saturated heterocycles. The predicted molar refractivity (Wildman–Crippen MR) is 50.0 cm³/mol. The standard InChI is InChI=1S/C10H10O3/c1-3-7-8(10(11)12)5-4-6-9(7)13-2/h3-6H,1H2,2H3,(H,11,12). The first-order valence-corrected chi connectivity index (χ1v) is 3.73. The van der Waals surface area contributed by atoms with Crippen LogP contribution in [-0.4, -0.2) is 18.2 Å². The zero-order valence-corrected chi connectivity index (χ0v) is 7.28. The molecule has 1 aromatic carbocycles. The Balaban J connectivity index is 3.35. The monoisotopic (exact) mass is 178 g/mol. The molecule has 0 amide bonds. The third kappa shape index (κ3) is 1.69. The number of methoxy groups -OCH3 is 1. The van der Waals surface area contributed by atoms with Crippen molar-refractivity contribution >= 4 is 12.0 Å². The second kappa shape index (κ2) is 3.76. The second-order valence-corrected chi connectivity index (χ2v) is 2.43. The fourth-order valence-corrected chi connectivity index (χ4v) is 1.12. The molecule has 0 heterocycles. The van der Waals surface area contributed by atoms with Crippen LogP contribution in [0.2, 0.25) is 0 Å². The molecule has 3 nitrogen and oxygen atoms in total. The maximum Gasteiger partial charge on any atom is 0.336 e. The number of carboxylic acid groups (broad SMARTS) is 1. The van der Waals surface area contributed by atoms with Crippen molar-refractivity contribution in [2.75, 3.05) is 7.11 Å². The van der Waals surface area contributed by atoms with Crippen molar-refractivity contribution in [3.8, 4) is 5.75 Å². The van der Waals surface area contributed by atoms with Gasteiger partial charge in [-0.2, -0.15) is 0 Å². The lowest BCUT2D eigenvalue weighted by molar-refractivity contribution is 0.0696. The molecule has 0 bridgehead atoms. The molecule has 0 atom stereocenters. The van der Waals surface area contributed by atoms with Crippen LogP contribution in [0, 0.1) is 0 Å². The zero-order valence-electron chi connectivity index (χ0n) is 7.28. The van der Waals surface area contributed by atoms with Crippen molar-refractivity contribution in [3.63, 3.8) is 0 Å². The molecule has 3 heteroatoms. The number of carbonyl (C=O) groups is 1. The summed E-state index contributed by atoms with van der Waals surface area (Å²) in [6, 6.07) is 4.85. The summed E-state index contributed by atoms with van der Waals surface area (Å²) in [7, 11) is 1.49. The van der Waals surface area contributed by atoms with Crippen LogP contribution < -0.4 is 4.74 Å². The molecule has 1 aromatic rings. The number of carboxylic acids is 1. The van der Waals surface area contributed by atoms with Crippen molar-refractivity contribution in [2.24, 2.45) is 0 Å². The maximum atomic E-state index is 10.7. The van der Waals surface area contributed by atoms with Gasteiger partial charge in [0.15, 0.2) is 0 Å². The van der Waals surface area contributed by atoms with E-state index in [4.69, 9.17) is 9.84 Å². The molecule has 1 N–H and O–H groups in total. The Morgan fingerprint density at radius 3 is 2.77 bits per heavy atom. The van der Waals surface area contributed by atoms with Gasteiger partial charge in [0, 0.05) is 5.56 Å². The summed E-state index contributed by atoms with van der Waals surface area (Å²) in [5.41, 5.74) is 0.715. The minimum Gasteiger partial charge on any atom is -0.496 e. The van der Waals surface area contributed by atoms with Crippen LogP contribution in [0.1, 0.15) is 15.9 Å². The molecule has 0 aromatic heterocycles. The average molecular weight is 178 g/mol. The summed E-state index contributed by atoms with van der Waals surface area (Å²) >= 11 is 0. The Bertz CT molecular complexity index is 342. The Hall–Kier alpha value is -1.77. The van der Waals surface area contributed by atoms with E-state index < -0.39 is 5.97 Å². The normalized spacial score (nSPS) is 9.31. The van der Waals surface area contributed by atoms with Crippen molar-refractivity contribution in [3.05, 3.63) is 35.9 Å². The van der Waals surface area contributed by atoms with E-state index in [1.807, 2.05) is 0 Å².